The van der Waals surface area contributed by atoms with Crippen LogP contribution in [0.2, 0.25) is 0 Å². The lowest BCUT2D eigenvalue weighted by Gasteiger charge is -1.91. The molecular formula is C15H8O4. The van der Waals surface area contributed by atoms with Gasteiger partial charge in [-0.05, 0) is 24.3 Å². The standard InChI is InChI=1S/C15H8O4/c16-13-9-1-5-11(6-2-9)14(17)19-15(18)12-7-3-10(13)4-8-12/h1-8H. The molecule has 6 aromatic rings. The predicted molar refractivity (Wildman–Crippen MR) is 72.5 cm³/mol. The highest BCUT2D eigenvalue weighted by molar-refractivity contribution is 5.70. The van der Waals surface area contributed by atoms with Crippen molar-refractivity contribution in [1.29, 1.82) is 0 Å². The molecule has 4 bridgehead atoms. The lowest BCUT2D eigenvalue weighted by atomic mass is 10.1. The average molecular weight is 252 g/mol. The Bertz CT molecular complexity index is 854. The van der Waals surface area contributed by atoms with Crippen LogP contribution >= 0.6 is 0 Å². The zero-order valence-corrected chi connectivity index (χ0v) is 9.75. The van der Waals surface area contributed by atoms with Crippen LogP contribution in [0.25, 0.3) is 21.5 Å². The maximum absolute atomic E-state index is 12.1. The monoisotopic (exact) mass is 252 g/mol. The van der Waals surface area contributed by atoms with Gasteiger partial charge in [-0.15, -0.1) is 0 Å². The topological polar surface area (TPSA) is 64.3 Å². The van der Waals surface area contributed by atoms with Gasteiger partial charge >= 0.3 is 11.3 Å². The molecule has 0 spiro atoms. The summed E-state index contributed by atoms with van der Waals surface area (Å²) < 4.78 is 4.75. The first-order valence-corrected chi connectivity index (χ1v) is 5.66. The number of hydrogen-bond acceptors (Lipinski definition) is 4. The number of benzene rings is 2. The molecule has 4 heterocycles. The SMILES string of the molecule is O=c1oc(=O)c2ccc(cc2)c(=O)c2ccc1cc2. The molecule has 0 atom stereocenters. The van der Waals surface area contributed by atoms with Crippen LogP contribution in [0, 0.1) is 0 Å². The molecule has 92 valence electrons. The third-order valence-electron chi connectivity index (χ3n) is 2.95. The van der Waals surface area contributed by atoms with Crippen molar-refractivity contribution in [2.24, 2.45) is 0 Å². The lowest BCUT2D eigenvalue weighted by Crippen LogP contribution is -2.07. The molecule has 0 aliphatic carbocycles. The smallest absolute Gasteiger partial charge is 0.346 e. The van der Waals surface area contributed by atoms with Crippen molar-refractivity contribution in [1.82, 2.24) is 0 Å². The highest BCUT2D eigenvalue weighted by Crippen LogP contribution is 2.03. The Hall–Kier alpha value is -2.75. The van der Waals surface area contributed by atoms with Gasteiger partial charge < -0.3 is 4.42 Å². The van der Waals surface area contributed by atoms with Crippen LogP contribution in [-0.2, 0) is 0 Å². The summed E-state index contributed by atoms with van der Waals surface area (Å²) in [6, 6.07) is 12.0. The van der Waals surface area contributed by atoms with Crippen LogP contribution in [0.4, 0.5) is 0 Å². The van der Waals surface area contributed by atoms with Gasteiger partial charge in [-0.1, -0.05) is 24.3 Å². The van der Waals surface area contributed by atoms with Gasteiger partial charge in [0.1, 0.15) is 0 Å². The minimum atomic E-state index is -0.728. The van der Waals surface area contributed by atoms with E-state index in [1.165, 1.54) is 24.3 Å². The van der Waals surface area contributed by atoms with Crippen molar-refractivity contribution in [3.8, 4) is 0 Å². The molecule has 0 saturated carbocycles. The van der Waals surface area contributed by atoms with Crippen molar-refractivity contribution in [3.05, 3.63) is 79.6 Å². The van der Waals surface area contributed by atoms with E-state index < -0.39 is 11.3 Å². The third-order valence-corrected chi connectivity index (χ3v) is 2.95. The van der Waals surface area contributed by atoms with Gasteiger partial charge in [0.25, 0.3) is 0 Å². The summed E-state index contributed by atoms with van der Waals surface area (Å²) in [4.78, 5) is 35.6. The summed E-state index contributed by atoms with van der Waals surface area (Å²) in [5.74, 6) is 0. The largest absolute Gasteiger partial charge is 0.386 e. The first-order chi connectivity index (χ1) is 9.15. The Morgan fingerprint density at radius 1 is 0.526 bits per heavy atom. The Balaban J connectivity index is 2.69. The van der Waals surface area contributed by atoms with Crippen molar-refractivity contribution in [3.63, 3.8) is 0 Å². The van der Waals surface area contributed by atoms with E-state index in [4.69, 9.17) is 4.42 Å². The first-order valence-electron chi connectivity index (χ1n) is 5.66. The van der Waals surface area contributed by atoms with E-state index in [1.54, 1.807) is 24.3 Å². The molecule has 6 rings (SSSR count). The molecule has 0 amide bonds. The Morgan fingerprint density at radius 2 is 0.842 bits per heavy atom. The van der Waals surface area contributed by atoms with Crippen LogP contribution in [0.5, 0.6) is 0 Å². The molecule has 0 radical (unpaired) electrons. The molecule has 19 heavy (non-hydrogen) atoms. The molecule has 4 aromatic heterocycles. The summed E-state index contributed by atoms with van der Waals surface area (Å²) in [6.07, 6.45) is 0. The number of rotatable bonds is 0. The minimum Gasteiger partial charge on any atom is -0.386 e. The molecule has 4 nitrogen and oxygen atoms in total. The van der Waals surface area contributed by atoms with Gasteiger partial charge in [0.15, 0.2) is 5.43 Å². The Labute approximate surface area is 106 Å². The maximum Gasteiger partial charge on any atom is 0.346 e. The predicted octanol–water partition coefficient (Wildman–Crippen LogP) is 1.67. The first kappa shape index (κ1) is 11.3. The molecular weight excluding hydrogens is 244 g/mol. The van der Waals surface area contributed by atoms with E-state index in [1.807, 2.05) is 0 Å². The average Bonchev–Trinajstić information content (AvgIpc) is 2.46. The molecule has 0 aliphatic heterocycles. The second-order valence-corrected chi connectivity index (χ2v) is 4.16. The molecule has 0 aliphatic rings. The van der Waals surface area contributed by atoms with E-state index >= 15 is 0 Å². The zero-order valence-electron chi connectivity index (χ0n) is 9.75. The van der Waals surface area contributed by atoms with Crippen molar-refractivity contribution >= 4 is 21.5 Å². The van der Waals surface area contributed by atoms with Crippen molar-refractivity contribution in [2.75, 3.05) is 0 Å². The zero-order chi connectivity index (χ0) is 13.4. The Kier molecular flexibility index (Phi) is 2.49. The highest BCUT2D eigenvalue weighted by atomic mass is 16.4. The van der Waals surface area contributed by atoms with Crippen LogP contribution in [-0.4, -0.2) is 0 Å². The normalized spacial score (nSPS) is 10.7. The summed E-state index contributed by atoms with van der Waals surface area (Å²) in [5, 5.41) is 1.44. The summed E-state index contributed by atoms with van der Waals surface area (Å²) in [6.45, 7) is 0. The van der Waals surface area contributed by atoms with Gasteiger partial charge in [0.2, 0.25) is 0 Å². The minimum absolute atomic E-state index is 0.153. The number of hydrogen-bond donors (Lipinski definition) is 0. The quantitative estimate of drug-likeness (QED) is 0.610. The molecule has 4 heteroatoms. The molecule has 0 saturated heterocycles. The summed E-state index contributed by atoms with van der Waals surface area (Å²) in [5.41, 5.74) is -1.61. The summed E-state index contributed by atoms with van der Waals surface area (Å²) >= 11 is 0. The second-order valence-electron chi connectivity index (χ2n) is 4.16. The van der Waals surface area contributed by atoms with Gasteiger partial charge in [0.05, 0.1) is 10.8 Å². The van der Waals surface area contributed by atoms with E-state index in [9.17, 15) is 14.4 Å². The van der Waals surface area contributed by atoms with Crippen molar-refractivity contribution < 1.29 is 4.42 Å². The highest BCUT2D eigenvalue weighted by Gasteiger charge is 1.99. The van der Waals surface area contributed by atoms with Gasteiger partial charge in [-0.25, -0.2) is 9.59 Å². The van der Waals surface area contributed by atoms with Crippen LogP contribution in [0.1, 0.15) is 0 Å². The molecule has 0 fully saturated rings. The summed E-state index contributed by atoms with van der Waals surface area (Å²) in [7, 11) is 0. The fraction of sp³-hybridized carbons (Fsp3) is 0. The molecule has 0 N–H and O–H groups in total. The van der Waals surface area contributed by atoms with E-state index in [0.717, 1.165) is 0 Å². The van der Waals surface area contributed by atoms with Crippen LogP contribution in [0.3, 0.4) is 0 Å². The van der Waals surface area contributed by atoms with Crippen LogP contribution < -0.4 is 16.7 Å². The van der Waals surface area contributed by atoms with Crippen LogP contribution in [0.15, 0.2) is 67.3 Å². The van der Waals surface area contributed by atoms with E-state index in [2.05, 4.69) is 0 Å². The third kappa shape index (κ3) is 1.93. The fourth-order valence-corrected chi connectivity index (χ4v) is 1.88. The van der Waals surface area contributed by atoms with Crippen molar-refractivity contribution in [2.45, 2.75) is 0 Å². The van der Waals surface area contributed by atoms with Gasteiger partial charge in [-0.2, -0.15) is 0 Å². The van der Waals surface area contributed by atoms with Gasteiger partial charge in [0, 0.05) is 10.8 Å². The second kappa shape index (κ2) is 4.17. The molecule has 0 unspecified atom stereocenters. The molecule has 2 aromatic carbocycles. The lowest BCUT2D eigenvalue weighted by molar-refractivity contribution is 0.490. The van der Waals surface area contributed by atoms with Gasteiger partial charge in [-0.3, -0.25) is 4.79 Å². The fourth-order valence-electron chi connectivity index (χ4n) is 1.88. The maximum atomic E-state index is 12.1. The van der Waals surface area contributed by atoms with E-state index in [-0.39, 0.29) is 16.2 Å². The van der Waals surface area contributed by atoms with E-state index in [0.29, 0.717) is 10.8 Å². The Morgan fingerprint density at radius 3 is 1.21 bits per heavy atom.